The van der Waals surface area contributed by atoms with Crippen LogP contribution in [0.25, 0.3) is 11.6 Å². The van der Waals surface area contributed by atoms with Gasteiger partial charge in [-0.15, -0.1) is 0 Å². The summed E-state index contributed by atoms with van der Waals surface area (Å²) in [5.74, 6) is -0.864. The van der Waals surface area contributed by atoms with Gasteiger partial charge in [-0.25, -0.2) is 0 Å². The van der Waals surface area contributed by atoms with Gasteiger partial charge in [0, 0.05) is 24.0 Å². The molecule has 3 amide bonds. The number of aryl methyl sites for hydroxylation is 1. The van der Waals surface area contributed by atoms with Crippen LogP contribution in [0.4, 0.5) is 16.2 Å². The van der Waals surface area contributed by atoms with E-state index in [4.69, 9.17) is 0 Å². The van der Waals surface area contributed by atoms with Crippen molar-refractivity contribution in [2.45, 2.75) is 33.2 Å². The molecule has 2 heterocycles. The van der Waals surface area contributed by atoms with E-state index in [9.17, 15) is 14.4 Å². The van der Waals surface area contributed by atoms with Crippen LogP contribution in [-0.4, -0.2) is 41.1 Å². The molecule has 0 unspecified atom stereocenters. The number of hydrogen-bond donors (Lipinski definition) is 1. The molecule has 0 bridgehead atoms. The Morgan fingerprint density at radius 3 is 2.61 bits per heavy atom. The number of hydrogen-bond acceptors (Lipinski definition) is 5. The zero-order chi connectivity index (χ0) is 23.9. The Balaban J connectivity index is 1.51. The van der Waals surface area contributed by atoms with Gasteiger partial charge in [-0.3, -0.25) is 19.3 Å². The number of nitrogens with one attached hydrogen (secondary N) is 1. The molecule has 0 radical (unpaired) electrons. The third-order valence-electron chi connectivity index (χ3n) is 6.02. The Morgan fingerprint density at radius 1 is 1.12 bits per heavy atom. The molecule has 2 aliphatic heterocycles. The quantitative estimate of drug-likeness (QED) is 0.626. The molecule has 0 spiro atoms. The Labute approximate surface area is 198 Å². The monoisotopic (exact) mass is 461 g/mol. The summed E-state index contributed by atoms with van der Waals surface area (Å²) in [5.41, 5.74) is 5.79. The number of fused-ring (bicyclic) bond motifs is 1. The lowest BCUT2D eigenvalue weighted by Crippen LogP contribution is -2.42. The minimum atomic E-state index is -0.451. The lowest BCUT2D eigenvalue weighted by molar-refractivity contribution is -0.127. The van der Waals surface area contributed by atoms with Gasteiger partial charge >= 0.3 is 0 Å². The second-order valence-corrected chi connectivity index (χ2v) is 10.00. The summed E-state index contributed by atoms with van der Waals surface area (Å²) in [4.78, 5) is 41.3. The maximum atomic E-state index is 12.9. The first-order valence-electron chi connectivity index (χ1n) is 10.7. The summed E-state index contributed by atoms with van der Waals surface area (Å²) >= 11 is 0.859. The van der Waals surface area contributed by atoms with Crippen molar-refractivity contribution in [2.75, 3.05) is 23.8 Å². The van der Waals surface area contributed by atoms with E-state index in [1.165, 1.54) is 5.57 Å². The van der Waals surface area contributed by atoms with Crippen molar-refractivity contribution in [3.05, 3.63) is 70.1 Å². The molecule has 170 valence electrons. The fourth-order valence-electron chi connectivity index (χ4n) is 4.12. The van der Waals surface area contributed by atoms with Crippen molar-refractivity contribution in [3.8, 4) is 0 Å². The molecule has 0 aromatic heterocycles. The van der Waals surface area contributed by atoms with Gasteiger partial charge in [-0.2, -0.15) is 0 Å². The van der Waals surface area contributed by atoms with E-state index in [-0.39, 0.29) is 12.1 Å². The van der Waals surface area contributed by atoms with Crippen LogP contribution in [0.1, 0.15) is 37.5 Å². The predicted octanol–water partition coefficient (Wildman–Crippen LogP) is 5.30. The first kappa shape index (κ1) is 22.9. The largest absolute Gasteiger partial charge is 0.366 e. The maximum absolute atomic E-state index is 12.9. The van der Waals surface area contributed by atoms with Crippen molar-refractivity contribution in [3.63, 3.8) is 0 Å². The Kier molecular flexibility index (Phi) is 5.93. The van der Waals surface area contributed by atoms with Gasteiger partial charge in [0.1, 0.15) is 6.54 Å². The van der Waals surface area contributed by atoms with Gasteiger partial charge in [0.25, 0.3) is 11.1 Å². The number of thioether (sulfide) groups is 1. The first-order valence-corrected chi connectivity index (χ1v) is 11.6. The smallest absolute Gasteiger partial charge is 0.294 e. The van der Waals surface area contributed by atoms with E-state index < -0.39 is 17.1 Å². The van der Waals surface area contributed by atoms with E-state index in [0.717, 1.165) is 39.0 Å². The summed E-state index contributed by atoms with van der Waals surface area (Å²) in [6, 6.07) is 13.4. The Hall–Kier alpha value is -3.32. The Bertz CT molecular complexity index is 1230. The van der Waals surface area contributed by atoms with Crippen molar-refractivity contribution in [1.82, 2.24) is 4.90 Å². The first-order chi connectivity index (χ1) is 15.5. The highest BCUT2D eigenvalue weighted by atomic mass is 32.2. The van der Waals surface area contributed by atoms with Crippen LogP contribution in [0, 0.1) is 6.92 Å². The fourth-order valence-corrected chi connectivity index (χ4v) is 4.96. The van der Waals surface area contributed by atoms with Crippen LogP contribution in [0.3, 0.4) is 0 Å². The number of likely N-dealkylation sites (N-methyl/N-ethyl adjacent to an activating group) is 1. The molecule has 0 saturated carbocycles. The van der Waals surface area contributed by atoms with Crippen molar-refractivity contribution in [1.29, 1.82) is 0 Å². The number of carbonyl (C=O) groups is 3. The number of benzene rings is 2. The minimum Gasteiger partial charge on any atom is -0.366 e. The van der Waals surface area contributed by atoms with Crippen LogP contribution < -0.4 is 10.2 Å². The van der Waals surface area contributed by atoms with Crippen molar-refractivity contribution in [2.24, 2.45) is 0 Å². The highest BCUT2D eigenvalue weighted by Gasteiger charge is 2.36. The van der Waals surface area contributed by atoms with Crippen LogP contribution >= 0.6 is 11.8 Å². The van der Waals surface area contributed by atoms with Gasteiger partial charge < -0.3 is 10.2 Å². The number of imide groups is 1. The van der Waals surface area contributed by atoms with Crippen LogP contribution in [0.15, 0.2) is 53.4 Å². The molecular formula is C26H27N3O3S. The summed E-state index contributed by atoms with van der Waals surface area (Å²) in [6.07, 6.45) is 3.94. The zero-order valence-corrected chi connectivity index (χ0v) is 20.2. The fraction of sp³-hybridized carbons (Fsp3) is 0.269. The van der Waals surface area contributed by atoms with E-state index in [2.05, 4.69) is 44.1 Å². The molecule has 2 aromatic carbocycles. The lowest BCUT2D eigenvalue weighted by Gasteiger charge is -2.40. The second-order valence-electron chi connectivity index (χ2n) is 9.00. The molecule has 1 fully saturated rings. The van der Waals surface area contributed by atoms with E-state index in [0.29, 0.717) is 10.6 Å². The van der Waals surface area contributed by atoms with Crippen LogP contribution in [-0.2, 0) is 9.59 Å². The molecule has 0 atom stereocenters. The molecule has 33 heavy (non-hydrogen) atoms. The highest BCUT2D eigenvalue weighted by molar-refractivity contribution is 8.18. The third kappa shape index (κ3) is 4.59. The molecule has 2 aromatic rings. The number of anilines is 2. The molecule has 0 aliphatic carbocycles. The Morgan fingerprint density at radius 2 is 1.88 bits per heavy atom. The highest BCUT2D eigenvalue weighted by Crippen LogP contribution is 2.39. The number of rotatable bonds is 4. The molecule has 1 saturated heterocycles. The van der Waals surface area contributed by atoms with E-state index >= 15 is 0 Å². The molecule has 2 aliphatic rings. The molecule has 1 N–H and O–H groups in total. The van der Waals surface area contributed by atoms with Gasteiger partial charge in [0.05, 0.1) is 10.4 Å². The average molecular weight is 462 g/mol. The molecular weight excluding hydrogens is 434 g/mol. The SMILES string of the molecule is CC1=CC(C)(C)N(C)c2ccc(/C=C3/SC(=O)N(CC(=O)Nc4cccc(C)c4)C3=O)cc21. The zero-order valence-electron chi connectivity index (χ0n) is 19.4. The standard InChI is InChI=1S/C26H27N3O3S/c1-16-7-6-8-19(11-16)27-23(30)15-29-24(31)22(33-25(29)32)13-18-9-10-21-20(12-18)17(2)14-26(3,4)28(21)5/h6-14H,15H2,1-5H3,(H,27,30)/b22-13+. The van der Waals surface area contributed by atoms with Crippen LogP contribution in [0.5, 0.6) is 0 Å². The summed E-state index contributed by atoms with van der Waals surface area (Å²) in [6.45, 7) is 8.02. The van der Waals surface area contributed by atoms with Gasteiger partial charge in [-0.05, 0) is 86.5 Å². The third-order valence-corrected chi connectivity index (χ3v) is 6.92. The molecule has 4 rings (SSSR count). The van der Waals surface area contributed by atoms with Crippen LogP contribution in [0.2, 0.25) is 0 Å². The number of allylic oxidation sites excluding steroid dienone is 1. The van der Waals surface area contributed by atoms with Gasteiger partial charge in [0.15, 0.2) is 0 Å². The molecule has 7 heteroatoms. The second kappa shape index (κ2) is 8.56. The van der Waals surface area contributed by atoms with Crippen molar-refractivity contribution < 1.29 is 14.4 Å². The number of carbonyl (C=O) groups excluding carboxylic acids is 3. The minimum absolute atomic E-state index is 0.0831. The summed E-state index contributed by atoms with van der Waals surface area (Å²) in [7, 11) is 2.06. The molecule has 6 nitrogen and oxygen atoms in total. The van der Waals surface area contributed by atoms with E-state index in [1.54, 1.807) is 12.1 Å². The summed E-state index contributed by atoms with van der Waals surface area (Å²) < 4.78 is 0. The predicted molar refractivity (Wildman–Crippen MR) is 135 cm³/mol. The normalized spacial score (nSPS) is 18.5. The summed E-state index contributed by atoms with van der Waals surface area (Å²) in [5, 5.41) is 2.30. The van der Waals surface area contributed by atoms with Crippen molar-refractivity contribution >= 4 is 51.8 Å². The topological polar surface area (TPSA) is 69.7 Å². The number of amides is 3. The maximum Gasteiger partial charge on any atom is 0.294 e. The number of nitrogens with zero attached hydrogens (tertiary/aromatic N) is 2. The van der Waals surface area contributed by atoms with E-state index in [1.807, 2.05) is 43.3 Å². The average Bonchev–Trinajstić information content (AvgIpc) is 2.99. The lowest BCUT2D eigenvalue weighted by atomic mass is 9.88. The van der Waals surface area contributed by atoms with Gasteiger partial charge in [0.2, 0.25) is 5.91 Å². The van der Waals surface area contributed by atoms with Gasteiger partial charge in [-0.1, -0.05) is 24.3 Å².